The molecule has 0 aromatic carbocycles. The smallest absolute Gasteiger partial charge is 0.328 e. The summed E-state index contributed by atoms with van der Waals surface area (Å²) in [6, 6.07) is 0. The largest absolute Gasteiger partial charge is 0.460 e. The highest BCUT2D eigenvalue weighted by atomic mass is 16.6. The van der Waals surface area contributed by atoms with Crippen molar-refractivity contribution in [1.82, 2.24) is 0 Å². The Labute approximate surface area is 94.2 Å². The van der Waals surface area contributed by atoms with E-state index in [1.54, 1.807) is 0 Å². The molecule has 0 spiro atoms. The first-order valence-corrected chi connectivity index (χ1v) is 4.84. The fourth-order valence-electron chi connectivity index (χ4n) is 1.31. The van der Waals surface area contributed by atoms with E-state index >= 15 is 0 Å². The molecule has 0 aromatic rings. The molecule has 1 rings (SSSR count). The number of rotatable bonds is 6. The van der Waals surface area contributed by atoms with Crippen molar-refractivity contribution in [3.05, 3.63) is 37.5 Å². The number of carbonyl (C=O) groups is 2. The van der Waals surface area contributed by atoms with Crippen molar-refractivity contribution in [2.45, 2.75) is 6.42 Å². The van der Waals surface area contributed by atoms with Crippen LogP contribution in [0.4, 0.5) is 0 Å². The summed E-state index contributed by atoms with van der Waals surface area (Å²) in [4.78, 5) is 23.3. The Bertz CT molecular complexity index is 330. The molecule has 0 radical (unpaired) electrons. The highest BCUT2D eigenvalue weighted by molar-refractivity contribution is 6.08. The van der Waals surface area contributed by atoms with E-state index in [9.17, 15) is 9.59 Å². The van der Waals surface area contributed by atoms with E-state index < -0.39 is 17.4 Å². The van der Waals surface area contributed by atoms with Gasteiger partial charge < -0.3 is 9.47 Å². The van der Waals surface area contributed by atoms with Crippen molar-refractivity contribution < 1.29 is 19.1 Å². The van der Waals surface area contributed by atoms with Crippen LogP contribution in [0.25, 0.3) is 0 Å². The minimum Gasteiger partial charge on any atom is -0.460 e. The number of esters is 2. The summed E-state index contributed by atoms with van der Waals surface area (Å²) >= 11 is 0. The third kappa shape index (κ3) is 2.05. The van der Waals surface area contributed by atoms with E-state index in [4.69, 9.17) is 9.47 Å². The van der Waals surface area contributed by atoms with Crippen LogP contribution in [0.3, 0.4) is 0 Å². The van der Waals surface area contributed by atoms with Crippen LogP contribution in [-0.4, -0.2) is 25.2 Å². The minimum absolute atomic E-state index is 0.0720. The Balaban J connectivity index is 2.67. The van der Waals surface area contributed by atoms with Crippen molar-refractivity contribution >= 4 is 11.9 Å². The SMILES string of the molecule is C=CCOC(=O)C1(C(=O)OCC=C)CC1=C. The zero-order valence-electron chi connectivity index (χ0n) is 9.03. The standard InChI is InChI=1S/C12H14O4/c1-4-6-15-10(13)12(8-9(12)3)11(14)16-7-5-2/h4-5H,1-3,6-8H2. The molecule has 0 bridgehead atoms. The summed E-state index contributed by atoms with van der Waals surface area (Å²) in [5.41, 5.74) is -0.762. The number of hydrogen-bond acceptors (Lipinski definition) is 4. The van der Waals surface area contributed by atoms with Crippen molar-refractivity contribution in [3.63, 3.8) is 0 Å². The average Bonchev–Trinajstić information content (AvgIpc) is 2.96. The van der Waals surface area contributed by atoms with Gasteiger partial charge in [0, 0.05) is 6.42 Å². The fourth-order valence-corrected chi connectivity index (χ4v) is 1.31. The summed E-state index contributed by atoms with van der Waals surface area (Å²) in [6.07, 6.45) is 3.16. The molecule has 0 amide bonds. The lowest BCUT2D eigenvalue weighted by molar-refractivity contribution is -0.162. The topological polar surface area (TPSA) is 52.6 Å². The van der Waals surface area contributed by atoms with Crippen LogP contribution < -0.4 is 0 Å². The first kappa shape index (κ1) is 12.2. The fraction of sp³-hybridized carbons (Fsp3) is 0.333. The predicted octanol–water partition coefficient (Wildman–Crippen LogP) is 1.39. The third-order valence-electron chi connectivity index (χ3n) is 2.32. The van der Waals surface area contributed by atoms with E-state index in [0.717, 1.165) is 0 Å². The number of ether oxygens (including phenoxy) is 2. The molecule has 1 saturated carbocycles. The third-order valence-corrected chi connectivity index (χ3v) is 2.32. The summed E-state index contributed by atoms with van der Waals surface area (Å²) < 4.78 is 9.69. The van der Waals surface area contributed by atoms with Gasteiger partial charge in [-0.15, -0.1) is 0 Å². The Kier molecular flexibility index (Phi) is 3.66. The van der Waals surface area contributed by atoms with Gasteiger partial charge in [-0.1, -0.05) is 31.9 Å². The molecule has 4 nitrogen and oxygen atoms in total. The molecule has 0 N–H and O–H groups in total. The van der Waals surface area contributed by atoms with Crippen LogP contribution in [0.1, 0.15) is 6.42 Å². The van der Waals surface area contributed by atoms with Crippen LogP contribution in [0.5, 0.6) is 0 Å². The molecule has 16 heavy (non-hydrogen) atoms. The first-order chi connectivity index (χ1) is 7.59. The van der Waals surface area contributed by atoms with Gasteiger partial charge in [0.25, 0.3) is 0 Å². The molecule has 0 aliphatic heterocycles. The zero-order valence-corrected chi connectivity index (χ0v) is 9.03. The lowest BCUT2D eigenvalue weighted by Crippen LogP contribution is -2.30. The van der Waals surface area contributed by atoms with Gasteiger partial charge in [0.2, 0.25) is 0 Å². The minimum atomic E-state index is -1.29. The Morgan fingerprint density at radius 3 is 1.81 bits per heavy atom. The van der Waals surface area contributed by atoms with Crippen molar-refractivity contribution in [1.29, 1.82) is 0 Å². The predicted molar refractivity (Wildman–Crippen MR) is 58.5 cm³/mol. The molecule has 0 atom stereocenters. The second-order valence-corrected chi connectivity index (χ2v) is 3.46. The highest BCUT2D eigenvalue weighted by Gasteiger charge is 2.63. The van der Waals surface area contributed by atoms with E-state index in [2.05, 4.69) is 19.7 Å². The van der Waals surface area contributed by atoms with Gasteiger partial charge in [-0.2, -0.15) is 0 Å². The van der Waals surface area contributed by atoms with Gasteiger partial charge >= 0.3 is 11.9 Å². The molecule has 0 heterocycles. The molecular formula is C12H14O4. The summed E-state index contributed by atoms with van der Waals surface area (Å²) in [5.74, 6) is -1.24. The van der Waals surface area contributed by atoms with Crippen LogP contribution in [-0.2, 0) is 19.1 Å². The van der Waals surface area contributed by atoms with E-state index in [1.807, 2.05) is 0 Å². The summed E-state index contributed by atoms with van der Waals surface area (Å²) in [6.45, 7) is 10.6. The molecule has 0 unspecified atom stereocenters. The zero-order chi connectivity index (χ0) is 12.2. The molecule has 1 fully saturated rings. The second kappa shape index (κ2) is 4.79. The maximum atomic E-state index is 11.6. The van der Waals surface area contributed by atoms with Crippen LogP contribution in [0.2, 0.25) is 0 Å². The molecule has 86 valence electrons. The van der Waals surface area contributed by atoms with Gasteiger partial charge in [0.15, 0.2) is 5.41 Å². The maximum absolute atomic E-state index is 11.6. The monoisotopic (exact) mass is 222 g/mol. The van der Waals surface area contributed by atoms with E-state index in [-0.39, 0.29) is 13.2 Å². The van der Waals surface area contributed by atoms with Gasteiger partial charge in [-0.3, -0.25) is 9.59 Å². The van der Waals surface area contributed by atoms with Crippen molar-refractivity contribution in [2.24, 2.45) is 5.41 Å². The number of carbonyl (C=O) groups excluding carboxylic acids is 2. The van der Waals surface area contributed by atoms with Gasteiger partial charge in [-0.05, 0) is 5.57 Å². The van der Waals surface area contributed by atoms with Crippen LogP contribution in [0.15, 0.2) is 37.5 Å². The molecule has 0 aromatic heterocycles. The maximum Gasteiger partial charge on any atom is 0.328 e. The highest BCUT2D eigenvalue weighted by Crippen LogP contribution is 2.52. The van der Waals surface area contributed by atoms with Gasteiger partial charge in [0.1, 0.15) is 13.2 Å². The lowest BCUT2D eigenvalue weighted by Gasteiger charge is -2.11. The molecule has 1 aliphatic rings. The molecule has 4 heteroatoms. The molecular weight excluding hydrogens is 208 g/mol. The lowest BCUT2D eigenvalue weighted by atomic mass is 10.1. The van der Waals surface area contributed by atoms with Gasteiger partial charge in [-0.25, -0.2) is 0 Å². The second-order valence-electron chi connectivity index (χ2n) is 3.46. The van der Waals surface area contributed by atoms with Gasteiger partial charge in [0.05, 0.1) is 0 Å². The van der Waals surface area contributed by atoms with Crippen LogP contribution >= 0.6 is 0 Å². The number of hydrogen-bond donors (Lipinski definition) is 0. The van der Waals surface area contributed by atoms with Crippen molar-refractivity contribution in [3.8, 4) is 0 Å². The quantitative estimate of drug-likeness (QED) is 0.387. The Morgan fingerprint density at radius 2 is 1.56 bits per heavy atom. The summed E-state index contributed by atoms with van der Waals surface area (Å²) in [5, 5.41) is 0. The van der Waals surface area contributed by atoms with Crippen LogP contribution in [0, 0.1) is 5.41 Å². The van der Waals surface area contributed by atoms with E-state index in [1.165, 1.54) is 12.2 Å². The molecule has 0 saturated heterocycles. The average molecular weight is 222 g/mol. The van der Waals surface area contributed by atoms with Crippen molar-refractivity contribution in [2.75, 3.05) is 13.2 Å². The molecule has 1 aliphatic carbocycles. The van der Waals surface area contributed by atoms with E-state index in [0.29, 0.717) is 12.0 Å². The Morgan fingerprint density at radius 1 is 1.19 bits per heavy atom. The Hall–Kier alpha value is -1.84. The normalized spacial score (nSPS) is 16.1. The summed E-state index contributed by atoms with van der Waals surface area (Å²) in [7, 11) is 0. The first-order valence-electron chi connectivity index (χ1n) is 4.84.